The lowest BCUT2D eigenvalue weighted by atomic mass is 10.1. The van der Waals surface area contributed by atoms with E-state index in [4.69, 9.17) is 4.74 Å². The van der Waals surface area contributed by atoms with Crippen molar-refractivity contribution in [2.75, 3.05) is 50.8 Å². The number of likely N-dealkylation sites (tertiary alicyclic amines) is 2. The molecule has 0 aliphatic carbocycles. The number of hydrogen-bond acceptors (Lipinski definition) is 4. The van der Waals surface area contributed by atoms with Gasteiger partial charge in [-0.3, -0.25) is 9.69 Å². The normalized spacial score (nSPS) is 25.6. The highest BCUT2D eigenvalue weighted by molar-refractivity contribution is 5.95. The molecule has 1 aromatic rings. The van der Waals surface area contributed by atoms with E-state index in [-0.39, 0.29) is 5.91 Å². The number of rotatable bonds is 4. The number of hydrogen-bond donors (Lipinski definition) is 0. The zero-order chi connectivity index (χ0) is 18.8. The van der Waals surface area contributed by atoms with E-state index in [1.165, 1.54) is 11.3 Å². The van der Waals surface area contributed by atoms with Gasteiger partial charge < -0.3 is 14.5 Å². The highest BCUT2D eigenvalue weighted by Crippen LogP contribution is 2.32. The molecule has 146 valence electrons. The average molecular weight is 370 g/mol. The first kappa shape index (κ1) is 18.5. The van der Waals surface area contributed by atoms with Crippen LogP contribution < -0.4 is 4.90 Å². The van der Waals surface area contributed by atoms with Crippen molar-refractivity contribution in [1.29, 1.82) is 0 Å². The second-order valence-corrected chi connectivity index (χ2v) is 8.13. The molecule has 1 aromatic carbocycles. The topological polar surface area (TPSA) is 36.0 Å². The summed E-state index contributed by atoms with van der Waals surface area (Å²) in [5, 5.41) is 0. The fraction of sp³-hybridized carbons (Fsp3) is 0.591. The van der Waals surface area contributed by atoms with E-state index < -0.39 is 0 Å². The molecule has 0 bridgehead atoms. The van der Waals surface area contributed by atoms with Crippen LogP contribution in [0, 0.1) is 0 Å². The second-order valence-electron chi connectivity index (χ2n) is 8.13. The zero-order valence-corrected chi connectivity index (χ0v) is 16.6. The van der Waals surface area contributed by atoms with Gasteiger partial charge in [0.05, 0.1) is 13.2 Å². The molecule has 0 unspecified atom stereocenters. The number of morpholine rings is 1. The summed E-state index contributed by atoms with van der Waals surface area (Å²) in [5.74, 6) is 0.195. The number of fused-ring (bicyclic) bond motifs is 1. The minimum absolute atomic E-state index is 0.195. The number of benzene rings is 1. The first-order valence-electron chi connectivity index (χ1n) is 10.2. The molecule has 2 atom stereocenters. The lowest BCUT2D eigenvalue weighted by molar-refractivity contribution is 0.0733. The molecule has 1 amide bonds. The minimum Gasteiger partial charge on any atom is -0.378 e. The summed E-state index contributed by atoms with van der Waals surface area (Å²) in [6.07, 6.45) is 4.50. The van der Waals surface area contributed by atoms with Crippen LogP contribution >= 0.6 is 0 Å². The van der Waals surface area contributed by atoms with Crippen LogP contribution in [0.15, 0.2) is 35.9 Å². The van der Waals surface area contributed by atoms with Crippen molar-refractivity contribution >= 4 is 11.6 Å². The first-order chi connectivity index (χ1) is 13.1. The van der Waals surface area contributed by atoms with E-state index in [0.717, 1.165) is 64.3 Å². The van der Waals surface area contributed by atoms with Crippen LogP contribution in [0.5, 0.6) is 0 Å². The molecule has 3 heterocycles. The Kier molecular flexibility index (Phi) is 5.50. The van der Waals surface area contributed by atoms with E-state index >= 15 is 0 Å². The standard InChI is InChI=1S/C22H31N3O2/c1-17(2)7-10-24-11-8-21-20(24)9-12-25(21)22(26)18-3-5-19(6-4-18)23-13-15-27-16-14-23/h3-7,20-21H,8-16H2,1-2H3/t20-,21-/m0/s1. The molecule has 27 heavy (non-hydrogen) atoms. The van der Waals surface area contributed by atoms with E-state index in [1.807, 2.05) is 12.1 Å². The molecule has 3 saturated heterocycles. The fourth-order valence-corrected chi connectivity index (χ4v) is 4.66. The Hall–Kier alpha value is -1.85. The minimum atomic E-state index is 0.195. The third-order valence-electron chi connectivity index (χ3n) is 6.18. The number of anilines is 1. The fourth-order valence-electron chi connectivity index (χ4n) is 4.66. The van der Waals surface area contributed by atoms with E-state index in [0.29, 0.717) is 12.1 Å². The highest BCUT2D eigenvalue weighted by Gasteiger charge is 2.43. The molecule has 3 aliphatic rings. The number of ether oxygens (including phenoxy) is 1. The molecule has 5 nitrogen and oxygen atoms in total. The lowest BCUT2D eigenvalue weighted by Crippen LogP contribution is -2.39. The average Bonchev–Trinajstić information content (AvgIpc) is 3.29. The monoisotopic (exact) mass is 369 g/mol. The summed E-state index contributed by atoms with van der Waals surface area (Å²) in [6.45, 7) is 10.7. The van der Waals surface area contributed by atoms with Gasteiger partial charge in [-0.05, 0) is 51.0 Å². The van der Waals surface area contributed by atoms with Gasteiger partial charge in [0.15, 0.2) is 0 Å². The Balaban J connectivity index is 1.40. The van der Waals surface area contributed by atoms with Gasteiger partial charge in [-0.2, -0.15) is 0 Å². The second kappa shape index (κ2) is 8.03. The Labute approximate surface area is 162 Å². The van der Waals surface area contributed by atoms with Crippen LogP contribution in [0.4, 0.5) is 5.69 Å². The molecular formula is C22H31N3O2. The van der Waals surface area contributed by atoms with E-state index in [1.54, 1.807) is 0 Å². The Morgan fingerprint density at radius 1 is 1.04 bits per heavy atom. The van der Waals surface area contributed by atoms with Gasteiger partial charge in [0, 0.05) is 56.1 Å². The van der Waals surface area contributed by atoms with Crippen LogP contribution in [-0.4, -0.2) is 73.7 Å². The number of carbonyl (C=O) groups is 1. The van der Waals surface area contributed by atoms with Gasteiger partial charge in [-0.1, -0.05) is 11.6 Å². The molecule has 5 heteroatoms. The molecule has 0 aromatic heterocycles. The van der Waals surface area contributed by atoms with Crippen molar-refractivity contribution in [2.45, 2.75) is 38.8 Å². The molecule has 0 saturated carbocycles. The van der Waals surface area contributed by atoms with Gasteiger partial charge >= 0.3 is 0 Å². The zero-order valence-electron chi connectivity index (χ0n) is 16.6. The van der Waals surface area contributed by atoms with Gasteiger partial charge in [0.1, 0.15) is 0 Å². The van der Waals surface area contributed by atoms with E-state index in [9.17, 15) is 4.79 Å². The van der Waals surface area contributed by atoms with Crippen molar-refractivity contribution in [2.24, 2.45) is 0 Å². The molecular weight excluding hydrogens is 338 g/mol. The Bertz CT molecular complexity index is 690. The molecule has 0 N–H and O–H groups in total. The predicted molar refractivity (Wildman–Crippen MR) is 108 cm³/mol. The van der Waals surface area contributed by atoms with Crippen molar-refractivity contribution in [3.63, 3.8) is 0 Å². The predicted octanol–water partition coefficient (Wildman–Crippen LogP) is 2.78. The summed E-state index contributed by atoms with van der Waals surface area (Å²) in [6, 6.07) is 9.07. The van der Waals surface area contributed by atoms with Gasteiger partial charge in [-0.25, -0.2) is 0 Å². The molecule has 4 rings (SSSR count). The van der Waals surface area contributed by atoms with Crippen molar-refractivity contribution in [3.8, 4) is 0 Å². The third kappa shape index (κ3) is 3.90. The van der Waals surface area contributed by atoms with Crippen LogP contribution in [0.1, 0.15) is 37.0 Å². The van der Waals surface area contributed by atoms with Crippen LogP contribution in [0.25, 0.3) is 0 Å². The number of nitrogens with zero attached hydrogens (tertiary/aromatic N) is 3. The largest absolute Gasteiger partial charge is 0.378 e. The summed E-state index contributed by atoms with van der Waals surface area (Å²) in [7, 11) is 0. The lowest BCUT2D eigenvalue weighted by Gasteiger charge is -2.29. The highest BCUT2D eigenvalue weighted by atomic mass is 16.5. The SMILES string of the molecule is CC(C)=CCN1CC[C@H]2[C@@H]1CCN2C(=O)c1ccc(N2CCOCC2)cc1. The van der Waals surface area contributed by atoms with Crippen molar-refractivity contribution < 1.29 is 9.53 Å². The molecule has 0 spiro atoms. The molecule has 0 radical (unpaired) electrons. The summed E-state index contributed by atoms with van der Waals surface area (Å²) in [4.78, 5) is 20.1. The third-order valence-corrected chi connectivity index (χ3v) is 6.18. The van der Waals surface area contributed by atoms with E-state index in [2.05, 4.69) is 46.8 Å². The van der Waals surface area contributed by atoms with Crippen LogP contribution in [0.2, 0.25) is 0 Å². The maximum Gasteiger partial charge on any atom is 0.254 e. The summed E-state index contributed by atoms with van der Waals surface area (Å²) < 4.78 is 5.42. The molecule has 3 fully saturated rings. The van der Waals surface area contributed by atoms with Crippen LogP contribution in [0.3, 0.4) is 0 Å². The van der Waals surface area contributed by atoms with Gasteiger partial charge in [0.2, 0.25) is 0 Å². The number of carbonyl (C=O) groups excluding carboxylic acids is 1. The Morgan fingerprint density at radius 2 is 1.74 bits per heavy atom. The number of allylic oxidation sites excluding steroid dienone is 1. The van der Waals surface area contributed by atoms with Crippen molar-refractivity contribution in [3.05, 3.63) is 41.5 Å². The first-order valence-corrected chi connectivity index (χ1v) is 10.2. The summed E-state index contributed by atoms with van der Waals surface area (Å²) in [5.41, 5.74) is 3.36. The molecule has 3 aliphatic heterocycles. The Morgan fingerprint density at radius 3 is 2.44 bits per heavy atom. The van der Waals surface area contributed by atoms with Gasteiger partial charge in [-0.15, -0.1) is 0 Å². The van der Waals surface area contributed by atoms with Crippen LogP contribution in [-0.2, 0) is 4.74 Å². The maximum atomic E-state index is 13.1. The summed E-state index contributed by atoms with van der Waals surface area (Å²) >= 11 is 0. The van der Waals surface area contributed by atoms with Gasteiger partial charge in [0.25, 0.3) is 5.91 Å². The number of amides is 1. The maximum absolute atomic E-state index is 13.1. The smallest absolute Gasteiger partial charge is 0.254 e. The van der Waals surface area contributed by atoms with Crippen molar-refractivity contribution in [1.82, 2.24) is 9.80 Å². The quantitative estimate of drug-likeness (QED) is 0.765.